The highest BCUT2D eigenvalue weighted by molar-refractivity contribution is 7.13. The van der Waals surface area contributed by atoms with Gasteiger partial charge in [-0.15, -0.1) is 11.3 Å². The van der Waals surface area contributed by atoms with Crippen molar-refractivity contribution in [2.75, 3.05) is 11.1 Å². The average molecular weight is 488 g/mol. The molecule has 0 amide bonds. The lowest BCUT2D eigenvalue weighted by Gasteiger charge is -2.22. The van der Waals surface area contributed by atoms with Crippen LogP contribution in [0.25, 0.3) is 26.9 Å². The fraction of sp³-hybridized carbons (Fsp3) is 0.115. The number of halogens is 1. The van der Waals surface area contributed by atoms with Crippen LogP contribution >= 0.6 is 22.9 Å². The molecular weight excluding hydrogens is 466 g/mol. The maximum atomic E-state index is 13.7. The molecule has 1 atom stereocenters. The number of anilines is 2. The van der Waals surface area contributed by atoms with E-state index in [9.17, 15) is 4.79 Å². The molecule has 0 saturated heterocycles. The van der Waals surface area contributed by atoms with Crippen LogP contribution in [0, 0.1) is 6.92 Å². The Bertz CT molecular complexity index is 1560. The minimum atomic E-state index is -0.287. The van der Waals surface area contributed by atoms with Crippen molar-refractivity contribution in [1.82, 2.24) is 14.5 Å². The first-order chi connectivity index (χ1) is 16.4. The van der Waals surface area contributed by atoms with Crippen molar-refractivity contribution >= 4 is 45.5 Å². The van der Waals surface area contributed by atoms with Gasteiger partial charge in [0.1, 0.15) is 5.82 Å². The predicted octanol–water partition coefficient (Wildman–Crippen LogP) is 6.23. The number of para-hydroxylation sites is 1. The van der Waals surface area contributed by atoms with E-state index in [-0.39, 0.29) is 17.5 Å². The van der Waals surface area contributed by atoms with Gasteiger partial charge in [-0.3, -0.25) is 9.36 Å². The van der Waals surface area contributed by atoms with Gasteiger partial charge in [-0.1, -0.05) is 41.9 Å². The molecule has 3 aromatic heterocycles. The van der Waals surface area contributed by atoms with Gasteiger partial charge in [0.2, 0.25) is 5.95 Å². The number of pyridine rings is 1. The van der Waals surface area contributed by atoms with E-state index in [2.05, 4.69) is 26.7 Å². The van der Waals surface area contributed by atoms with Crippen molar-refractivity contribution in [2.24, 2.45) is 0 Å². The van der Waals surface area contributed by atoms with Gasteiger partial charge in [-0.25, -0.2) is 4.98 Å². The van der Waals surface area contributed by atoms with Crippen LogP contribution in [0.2, 0.25) is 5.02 Å². The first-order valence-corrected chi connectivity index (χ1v) is 12.0. The van der Waals surface area contributed by atoms with Crippen molar-refractivity contribution in [2.45, 2.75) is 19.9 Å². The molecule has 3 heterocycles. The van der Waals surface area contributed by atoms with Crippen molar-refractivity contribution in [1.29, 1.82) is 0 Å². The van der Waals surface area contributed by atoms with Gasteiger partial charge >= 0.3 is 0 Å². The molecular formula is C26H22ClN5OS. The Kier molecular flexibility index (Phi) is 5.81. The Labute approximate surface area is 205 Å². The summed E-state index contributed by atoms with van der Waals surface area (Å²) in [5.41, 5.74) is 9.32. The lowest BCUT2D eigenvalue weighted by atomic mass is 10.1. The number of aromatic nitrogens is 3. The van der Waals surface area contributed by atoms with Gasteiger partial charge in [0, 0.05) is 22.5 Å². The monoisotopic (exact) mass is 487 g/mol. The van der Waals surface area contributed by atoms with Crippen LogP contribution in [0.1, 0.15) is 24.2 Å². The van der Waals surface area contributed by atoms with E-state index < -0.39 is 0 Å². The predicted molar refractivity (Wildman–Crippen MR) is 141 cm³/mol. The minimum Gasteiger partial charge on any atom is -0.368 e. The molecule has 0 spiro atoms. The Hall–Kier alpha value is -3.68. The number of hydrogen-bond acceptors (Lipinski definition) is 6. The van der Waals surface area contributed by atoms with Crippen LogP contribution in [0.4, 0.5) is 11.8 Å². The standard InChI is InChI=1S/C26H22ClN5OS/c1-15-11-22(34-14-15)19-13-29-26(28)31-24(19)30-16(2)21-12-17-7-6-10-20(27)23(17)25(33)32(21)18-8-4-3-5-9-18/h3-14,16H,1-2H3,(H3,28,29,30,31). The van der Waals surface area contributed by atoms with Crippen molar-refractivity contribution < 1.29 is 0 Å². The van der Waals surface area contributed by atoms with Gasteiger partial charge in [-0.05, 0) is 60.5 Å². The summed E-state index contributed by atoms with van der Waals surface area (Å²) in [5, 5.41) is 7.26. The number of rotatable bonds is 5. The van der Waals surface area contributed by atoms with Crippen LogP contribution in [-0.4, -0.2) is 14.5 Å². The van der Waals surface area contributed by atoms with Gasteiger partial charge in [0.15, 0.2) is 0 Å². The van der Waals surface area contributed by atoms with Crippen LogP contribution in [0.5, 0.6) is 0 Å². The molecule has 0 saturated carbocycles. The second kappa shape index (κ2) is 8.93. The van der Waals surface area contributed by atoms with Crippen LogP contribution in [0.3, 0.4) is 0 Å². The highest BCUT2D eigenvalue weighted by atomic mass is 35.5. The van der Waals surface area contributed by atoms with Crippen LogP contribution < -0.4 is 16.6 Å². The molecule has 2 aromatic carbocycles. The summed E-state index contributed by atoms with van der Waals surface area (Å²) in [6.45, 7) is 4.04. The van der Waals surface area contributed by atoms with E-state index in [1.165, 1.54) is 5.56 Å². The summed E-state index contributed by atoms with van der Waals surface area (Å²) in [6.07, 6.45) is 1.73. The van der Waals surface area contributed by atoms with E-state index in [0.29, 0.717) is 16.2 Å². The number of aryl methyl sites for hydroxylation is 1. The molecule has 0 radical (unpaired) electrons. The first kappa shape index (κ1) is 22.1. The van der Waals surface area contributed by atoms with Gasteiger partial charge in [0.25, 0.3) is 5.56 Å². The van der Waals surface area contributed by atoms with Crippen molar-refractivity contribution in [3.63, 3.8) is 0 Å². The minimum absolute atomic E-state index is 0.172. The fourth-order valence-corrected chi connectivity index (χ4v) is 5.21. The zero-order valence-corrected chi connectivity index (χ0v) is 20.2. The Morgan fingerprint density at radius 3 is 2.65 bits per heavy atom. The summed E-state index contributed by atoms with van der Waals surface area (Å²) in [5.74, 6) is 0.789. The molecule has 5 aromatic rings. The second-order valence-electron chi connectivity index (χ2n) is 8.09. The van der Waals surface area contributed by atoms with E-state index >= 15 is 0 Å². The van der Waals surface area contributed by atoms with E-state index in [1.54, 1.807) is 28.2 Å². The fourth-order valence-electron chi connectivity index (χ4n) is 4.04. The molecule has 6 nitrogen and oxygen atoms in total. The van der Waals surface area contributed by atoms with Gasteiger partial charge < -0.3 is 11.1 Å². The van der Waals surface area contributed by atoms with Crippen LogP contribution in [-0.2, 0) is 0 Å². The SMILES string of the molecule is Cc1csc(-c2cnc(N)nc2NC(C)c2cc3cccc(Cl)c3c(=O)n2-c2ccccc2)c1. The number of nitrogens with one attached hydrogen (secondary N) is 1. The lowest BCUT2D eigenvalue weighted by molar-refractivity contribution is 0.773. The normalized spacial score (nSPS) is 12.1. The topological polar surface area (TPSA) is 85.8 Å². The zero-order valence-electron chi connectivity index (χ0n) is 18.6. The zero-order chi connectivity index (χ0) is 23.8. The number of nitrogens with two attached hydrogens (primary N) is 1. The second-order valence-corrected chi connectivity index (χ2v) is 9.41. The summed E-state index contributed by atoms with van der Waals surface area (Å²) in [4.78, 5) is 23.4. The Morgan fingerprint density at radius 2 is 1.91 bits per heavy atom. The van der Waals surface area contributed by atoms with Gasteiger partial charge in [-0.2, -0.15) is 4.98 Å². The van der Waals surface area contributed by atoms with Crippen molar-refractivity contribution in [3.05, 3.63) is 98.9 Å². The molecule has 5 rings (SSSR count). The molecule has 0 aliphatic heterocycles. The highest BCUT2D eigenvalue weighted by Crippen LogP contribution is 2.34. The van der Waals surface area contributed by atoms with E-state index in [1.807, 2.05) is 62.4 Å². The van der Waals surface area contributed by atoms with E-state index in [4.69, 9.17) is 17.3 Å². The summed E-state index contributed by atoms with van der Waals surface area (Å²) < 4.78 is 1.70. The quantitative estimate of drug-likeness (QED) is 0.307. The third kappa shape index (κ3) is 4.04. The molecule has 170 valence electrons. The largest absolute Gasteiger partial charge is 0.368 e. The third-order valence-corrected chi connectivity index (χ3v) is 7.04. The first-order valence-electron chi connectivity index (χ1n) is 10.8. The number of nitrogen functional groups attached to an aromatic ring is 1. The number of benzene rings is 2. The summed E-state index contributed by atoms with van der Waals surface area (Å²) in [6, 6.07) is 18.8. The van der Waals surface area contributed by atoms with Crippen LogP contribution in [0.15, 0.2) is 77.0 Å². The molecule has 8 heteroatoms. The smallest absolute Gasteiger partial charge is 0.264 e. The average Bonchev–Trinajstić information content (AvgIpc) is 3.25. The summed E-state index contributed by atoms with van der Waals surface area (Å²) >= 11 is 8.05. The Morgan fingerprint density at radius 1 is 1.12 bits per heavy atom. The Balaban J connectivity index is 1.67. The molecule has 0 bridgehead atoms. The number of hydrogen-bond donors (Lipinski definition) is 2. The molecule has 0 fully saturated rings. The number of thiophene rings is 1. The van der Waals surface area contributed by atoms with Crippen molar-refractivity contribution in [3.8, 4) is 16.1 Å². The maximum absolute atomic E-state index is 13.7. The molecule has 0 aliphatic carbocycles. The highest BCUT2D eigenvalue weighted by Gasteiger charge is 2.20. The van der Waals surface area contributed by atoms with Gasteiger partial charge in [0.05, 0.1) is 22.0 Å². The lowest BCUT2D eigenvalue weighted by Crippen LogP contribution is -2.26. The molecule has 3 N–H and O–H groups in total. The summed E-state index contributed by atoms with van der Waals surface area (Å²) in [7, 11) is 0. The molecule has 34 heavy (non-hydrogen) atoms. The number of fused-ring (bicyclic) bond motifs is 1. The van der Waals surface area contributed by atoms with E-state index in [0.717, 1.165) is 27.2 Å². The third-order valence-electron chi connectivity index (χ3n) is 5.64. The molecule has 0 aliphatic rings. The maximum Gasteiger partial charge on any atom is 0.264 e. The number of nitrogens with zero attached hydrogens (tertiary/aromatic N) is 3. The molecule has 1 unspecified atom stereocenters.